The summed E-state index contributed by atoms with van der Waals surface area (Å²) in [6, 6.07) is 20.4. The zero-order valence-electron chi connectivity index (χ0n) is 19.4. The molecule has 7 nitrogen and oxygen atoms in total. The molecule has 8 heteroatoms. The first-order valence-electron chi connectivity index (χ1n) is 11.5. The third-order valence-corrected chi connectivity index (χ3v) is 6.54. The Hall–Kier alpha value is -3.52. The number of nitrogens with zero attached hydrogens (tertiary/aromatic N) is 4. The van der Waals surface area contributed by atoms with Crippen LogP contribution in [0.3, 0.4) is 0 Å². The first-order chi connectivity index (χ1) is 16.5. The van der Waals surface area contributed by atoms with Crippen molar-refractivity contribution in [2.24, 2.45) is 5.92 Å². The molecule has 0 saturated heterocycles. The Kier molecular flexibility index (Phi) is 7.69. The van der Waals surface area contributed by atoms with Crippen molar-refractivity contribution in [3.63, 3.8) is 0 Å². The molecule has 0 spiro atoms. The summed E-state index contributed by atoms with van der Waals surface area (Å²) in [6.07, 6.45) is 0.875. The van der Waals surface area contributed by atoms with E-state index in [1.165, 1.54) is 11.3 Å². The number of fused-ring (bicyclic) bond motifs is 1. The largest absolute Gasteiger partial charge is 0.354 e. The number of carbonyl (C=O) groups is 2. The van der Waals surface area contributed by atoms with Crippen molar-refractivity contribution < 1.29 is 9.59 Å². The van der Waals surface area contributed by atoms with Gasteiger partial charge in [0.25, 0.3) is 0 Å². The minimum absolute atomic E-state index is 0.00546. The van der Waals surface area contributed by atoms with Gasteiger partial charge < -0.3 is 10.2 Å². The third-order valence-electron chi connectivity index (χ3n) is 5.61. The highest BCUT2D eigenvalue weighted by atomic mass is 32.1. The van der Waals surface area contributed by atoms with Crippen LogP contribution in [0.5, 0.6) is 0 Å². The van der Waals surface area contributed by atoms with Crippen LogP contribution in [-0.2, 0) is 22.7 Å². The van der Waals surface area contributed by atoms with Crippen molar-refractivity contribution in [1.29, 1.82) is 0 Å². The Morgan fingerprint density at radius 1 is 1.03 bits per heavy atom. The fraction of sp³-hybridized carbons (Fsp3) is 0.308. The summed E-state index contributed by atoms with van der Waals surface area (Å²) in [5, 5.41) is 13.3. The van der Waals surface area contributed by atoms with Crippen molar-refractivity contribution in [2.45, 2.75) is 39.4 Å². The third kappa shape index (κ3) is 5.69. The maximum absolute atomic E-state index is 13.7. The van der Waals surface area contributed by atoms with E-state index in [0.717, 1.165) is 27.9 Å². The molecule has 0 bridgehead atoms. The van der Waals surface area contributed by atoms with E-state index in [1.54, 1.807) is 9.58 Å². The second-order valence-corrected chi connectivity index (χ2v) is 9.61. The van der Waals surface area contributed by atoms with E-state index in [4.69, 9.17) is 0 Å². The van der Waals surface area contributed by atoms with E-state index in [9.17, 15) is 9.59 Å². The Balaban J connectivity index is 1.65. The van der Waals surface area contributed by atoms with Gasteiger partial charge in [0.1, 0.15) is 18.1 Å². The predicted octanol–water partition coefficient (Wildman–Crippen LogP) is 4.43. The van der Waals surface area contributed by atoms with Gasteiger partial charge in [0.15, 0.2) is 0 Å². The zero-order chi connectivity index (χ0) is 23.9. The summed E-state index contributed by atoms with van der Waals surface area (Å²) in [4.78, 5) is 29.7. The minimum Gasteiger partial charge on any atom is -0.354 e. The summed E-state index contributed by atoms with van der Waals surface area (Å²) in [6.45, 7) is 5.12. The van der Waals surface area contributed by atoms with Gasteiger partial charge in [0.05, 0.1) is 5.52 Å². The first-order valence-corrected chi connectivity index (χ1v) is 12.3. The highest BCUT2D eigenvalue weighted by Gasteiger charge is 2.32. The van der Waals surface area contributed by atoms with Gasteiger partial charge in [0, 0.05) is 18.0 Å². The van der Waals surface area contributed by atoms with Gasteiger partial charge in [-0.2, -0.15) is 0 Å². The van der Waals surface area contributed by atoms with Crippen LogP contribution in [-0.4, -0.2) is 38.3 Å². The molecule has 2 aromatic heterocycles. The molecule has 176 valence electrons. The predicted molar refractivity (Wildman–Crippen MR) is 134 cm³/mol. The lowest BCUT2D eigenvalue weighted by Gasteiger charge is -2.31. The number of hydrogen-bond acceptors (Lipinski definition) is 5. The number of amides is 2. The summed E-state index contributed by atoms with van der Waals surface area (Å²) in [7, 11) is 0. The number of thiophene rings is 1. The molecule has 2 amide bonds. The molecule has 0 saturated carbocycles. The fourth-order valence-electron chi connectivity index (χ4n) is 3.81. The van der Waals surface area contributed by atoms with Gasteiger partial charge in [-0.3, -0.25) is 9.59 Å². The van der Waals surface area contributed by atoms with E-state index in [1.807, 2.05) is 72.1 Å². The maximum Gasteiger partial charge on any atom is 0.248 e. The van der Waals surface area contributed by atoms with Crippen molar-refractivity contribution in [2.75, 3.05) is 6.54 Å². The van der Waals surface area contributed by atoms with Crippen LogP contribution in [0.4, 0.5) is 0 Å². The van der Waals surface area contributed by atoms with Crippen molar-refractivity contribution >= 4 is 34.2 Å². The number of rotatable bonds is 10. The van der Waals surface area contributed by atoms with E-state index in [-0.39, 0.29) is 18.4 Å². The number of hydrogen-bond donors (Lipinski definition) is 1. The molecule has 0 aliphatic carbocycles. The molecule has 1 N–H and O–H groups in total. The molecular weight excluding hydrogens is 446 g/mol. The van der Waals surface area contributed by atoms with Crippen LogP contribution in [0.2, 0.25) is 0 Å². The average molecular weight is 476 g/mol. The Labute approximate surface area is 203 Å². The van der Waals surface area contributed by atoms with Crippen molar-refractivity contribution in [1.82, 2.24) is 25.2 Å². The molecule has 1 unspecified atom stereocenters. The Bertz CT molecular complexity index is 1220. The topological polar surface area (TPSA) is 80.1 Å². The minimum atomic E-state index is -0.727. The lowest BCUT2D eigenvalue weighted by atomic mass is 10.1. The van der Waals surface area contributed by atoms with E-state index in [0.29, 0.717) is 19.0 Å². The summed E-state index contributed by atoms with van der Waals surface area (Å²) < 4.78 is 1.60. The van der Waals surface area contributed by atoms with Crippen LogP contribution in [0, 0.1) is 5.92 Å². The molecule has 4 rings (SSSR count). The lowest BCUT2D eigenvalue weighted by molar-refractivity contribution is -0.142. The summed E-state index contributed by atoms with van der Waals surface area (Å²) in [5.74, 6) is 0.107. The number of aromatic nitrogens is 3. The molecular formula is C26H29N5O2S. The lowest BCUT2D eigenvalue weighted by Crippen LogP contribution is -2.44. The Morgan fingerprint density at radius 3 is 2.53 bits per heavy atom. The second kappa shape index (κ2) is 11.1. The van der Waals surface area contributed by atoms with E-state index < -0.39 is 6.04 Å². The quantitative estimate of drug-likeness (QED) is 0.368. The molecule has 0 fully saturated rings. The van der Waals surface area contributed by atoms with Gasteiger partial charge in [-0.1, -0.05) is 67.6 Å². The van der Waals surface area contributed by atoms with Gasteiger partial charge in [-0.25, -0.2) is 4.68 Å². The molecule has 2 aromatic carbocycles. The molecule has 0 aliphatic rings. The number of benzene rings is 2. The number of para-hydroxylation sites is 1. The van der Waals surface area contributed by atoms with Gasteiger partial charge in [-0.05, 0) is 41.5 Å². The smallest absolute Gasteiger partial charge is 0.248 e. The fourth-order valence-corrected chi connectivity index (χ4v) is 4.64. The van der Waals surface area contributed by atoms with Crippen LogP contribution in [0.15, 0.2) is 72.1 Å². The van der Waals surface area contributed by atoms with Crippen LogP contribution < -0.4 is 5.32 Å². The highest BCUT2D eigenvalue weighted by molar-refractivity contribution is 7.10. The summed E-state index contributed by atoms with van der Waals surface area (Å²) in [5.41, 5.74) is 2.46. The van der Waals surface area contributed by atoms with Gasteiger partial charge >= 0.3 is 0 Å². The second-order valence-electron chi connectivity index (χ2n) is 8.63. The maximum atomic E-state index is 13.7. The van der Waals surface area contributed by atoms with Gasteiger partial charge in [-0.15, -0.1) is 16.4 Å². The standard InChI is InChI=1S/C26H29N5O2S/c1-19(2)14-15-27-26(33)25(23-13-8-16-34-23)30(17-20-9-4-3-5-10-20)24(32)18-31-22-12-7-6-11-21(22)28-29-31/h3-13,16,19,25H,14-15,17-18H2,1-2H3,(H,27,33). The highest BCUT2D eigenvalue weighted by Crippen LogP contribution is 2.28. The SMILES string of the molecule is CC(C)CCNC(=O)C(c1cccs1)N(Cc1ccccc1)C(=O)Cn1nnc2ccccc21. The molecule has 2 heterocycles. The van der Waals surface area contributed by atoms with Crippen molar-refractivity contribution in [3.8, 4) is 0 Å². The Morgan fingerprint density at radius 2 is 1.79 bits per heavy atom. The van der Waals surface area contributed by atoms with E-state index in [2.05, 4.69) is 29.5 Å². The zero-order valence-corrected chi connectivity index (χ0v) is 20.2. The summed E-state index contributed by atoms with van der Waals surface area (Å²) >= 11 is 1.48. The van der Waals surface area contributed by atoms with Crippen LogP contribution in [0.1, 0.15) is 36.8 Å². The van der Waals surface area contributed by atoms with Crippen LogP contribution >= 0.6 is 11.3 Å². The number of nitrogens with one attached hydrogen (secondary N) is 1. The monoisotopic (exact) mass is 475 g/mol. The average Bonchev–Trinajstić information content (AvgIpc) is 3.50. The number of carbonyl (C=O) groups excluding carboxylic acids is 2. The molecule has 1 atom stereocenters. The van der Waals surface area contributed by atoms with E-state index >= 15 is 0 Å². The molecule has 0 radical (unpaired) electrons. The molecule has 0 aliphatic heterocycles. The molecule has 4 aromatic rings. The van der Waals surface area contributed by atoms with Gasteiger partial charge in [0.2, 0.25) is 11.8 Å². The molecule has 34 heavy (non-hydrogen) atoms. The normalized spacial score (nSPS) is 12.1. The van der Waals surface area contributed by atoms with Crippen molar-refractivity contribution in [3.05, 3.63) is 82.6 Å². The first kappa shape index (κ1) is 23.6. The van der Waals surface area contributed by atoms with Crippen LogP contribution in [0.25, 0.3) is 11.0 Å².